The molecule has 1 atom stereocenters. The van der Waals surface area contributed by atoms with Gasteiger partial charge in [0.2, 0.25) is 11.8 Å². The van der Waals surface area contributed by atoms with Crippen molar-refractivity contribution in [1.29, 1.82) is 0 Å². The van der Waals surface area contributed by atoms with Crippen LogP contribution in [-0.2, 0) is 16.1 Å². The summed E-state index contributed by atoms with van der Waals surface area (Å²) in [5.74, 6) is -1.37. The van der Waals surface area contributed by atoms with Crippen molar-refractivity contribution in [2.24, 2.45) is 5.73 Å². The van der Waals surface area contributed by atoms with Gasteiger partial charge in [-0.25, -0.2) is 4.39 Å². The van der Waals surface area contributed by atoms with E-state index in [9.17, 15) is 14.0 Å². The first-order chi connectivity index (χ1) is 8.50. The zero-order valence-electron chi connectivity index (χ0n) is 9.53. The molecule has 1 aromatic carbocycles. The third-order valence-electron chi connectivity index (χ3n) is 2.93. The minimum Gasteiger partial charge on any atom is -0.320 e. The molecular weight excluding hydrogens is 259 g/mol. The topological polar surface area (TPSA) is 63.4 Å². The molecule has 0 spiro atoms. The zero-order valence-corrected chi connectivity index (χ0v) is 10.3. The van der Waals surface area contributed by atoms with Crippen LogP contribution in [0.3, 0.4) is 0 Å². The number of nitrogens with two attached hydrogens (primary N) is 1. The fourth-order valence-electron chi connectivity index (χ4n) is 1.87. The summed E-state index contributed by atoms with van der Waals surface area (Å²) in [6, 6.07) is 3.51. The molecule has 0 bridgehead atoms. The molecule has 4 nitrogen and oxygen atoms in total. The second kappa shape index (κ2) is 5.04. The SMILES string of the molecule is NC1CCC(=O)N(Cc2c(F)cccc2Cl)C1=O. The molecule has 1 fully saturated rings. The molecule has 2 amide bonds. The highest BCUT2D eigenvalue weighted by atomic mass is 35.5. The molecule has 2 N–H and O–H groups in total. The molecular formula is C12H12ClFN2O2. The van der Waals surface area contributed by atoms with Crippen LogP contribution in [0.2, 0.25) is 5.02 Å². The van der Waals surface area contributed by atoms with Crippen molar-refractivity contribution in [1.82, 2.24) is 4.90 Å². The van der Waals surface area contributed by atoms with Crippen LogP contribution < -0.4 is 5.73 Å². The highest BCUT2D eigenvalue weighted by molar-refractivity contribution is 6.31. The van der Waals surface area contributed by atoms with Crippen molar-refractivity contribution in [3.8, 4) is 0 Å². The van der Waals surface area contributed by atoms with Gasteiger partial charge in [-0.1, -0.05) is 17.7 Å². The summed E-state index contributed by atoms with van der Waals surface area (Å²) >= 11 is 5.86. The predicted octanol–water partition coefficient (Wildman–Crippen LogP) is 1.46. The molecule has 1 saturated heterocycles. The number of halogens is 2. The Balaban J connectivity index is 2.27. The lowest BCUT2D eigenvalue weighted by atomic mass is 10.0. The van der Waals surface area contributed by atoms with E-state index in [1.165, 1.54) is 18.2 Å². The minimum atomic E-state index is -0.701. The molecule has 1 aliphatic rings. The molecule has 1 heterocycles. The molecule has 6 heteroatoms. The second-order valence-electron chi connectivity index (χ2n) is 4.16. The van der Waals surface area contributed by atoms with E-state index in [2.05, 4.69) is 0 Å². The van der Waals surface area contributed by atoms with E-state index in [0.717, 1.165) is 4.90 Å². The van der Waals surface area contributed by atoms with Gasteiger partial charge in [0.25, 0.3) is 0 Å². The number of carbonyl (C=O) groups is 2. The number of rotatable bonds is 2. The largest absolute Gasteiger partial charge is 0.320 e. The van der Waals surface area contributed by atoms with E-state index >= 15 is 0 Å². The van der Waals surface area contributed by atoms with E-state index in [4.69, 9.17) is 17.3 Å². The number of hydrogen-bond acceptors (Lipinski definition) is 3. The molecule has 0 radical (unpaired) electrons. The van der Waals surface area contributed by atoms with Crippen molar-refractivity contribution in [3.63, 3.8) is 0 Å². The molecule has 2 rings (SSSR count). The van der Waals surface area contributed by atoms with Gasteiger partial charge in [0.1, 0.15) is 5.82 Å². The van der Waals surface area contributed by atoms with E-state index in [1.54, 1.807) is 0 Å². The summed E-state index contributed by atoms with van der Waals surface area (Å²) < 4.78 is 13.6. The minimum absolute atomic E-state index is 0.134. The maximum Gasteiger partial charge on any atom is 0.246 e. The number of imide groups is 1. The number of benzene rings is 1. The van der Waals surface area contributed by atoms with Gasteiger partial charge in [0.05, 0.1) is 12.6 Å². The monoisotopic (exact) mass is 270 g/mol. The predicted molar refractivity (Wildman–Crippen MR) is 64.2 cm³/mol. The summed E-state index contributed by atoms with van der Waals surface area (Å²) in [4.78, 5) is 24.4. The third-order valence-corrected chi connectivity index (χ3v) is 3.29. The van der Waals surface area contributed by atoms with Crippen LogP contribution in [0.5, 0.6) is 0 Å². The lowest BCUT2D eigenvalue weighted by Gasteiger charge is -2.29. The number of amides is 2. The quantitative estimate of drug-likeness (QED) is 0.828. The Bertz CT molecular complexity index is 487. The normalized spacial score (nSPS) is 20.4. The lowest BCUT2D eigenvalue weighted by Crippen LogP contribution is -2.50. The molecule has 1 aromatic rings. The first-order valence-electron chi connectivity index (χ1n) is 5.53. The Morgan fingerprint density at radius 2 is 2.17 bits per heavy atom. The van der Waals surface area contributed by atoms with Gasteiger partial charge in [-0.3, -0.25) is 14.5 Å². The maximum absolute atomic E-state index is 13.6. The fourth-order valence-corrected chi connectivity index (χ4v) is 2.09. The summed E-state index contributed by atoms with van der Waals surface area (Å²) in [7, 11) is 0. The van der Waals surface area contributed by atoms with Gasteiger partial charge in [-0.15, -0.1) is 0 Å². The fraction of sp³-hybridized carbons (Fsp3) is 0.333. The molecule has 1 unspecified atom stereocenters. The van der Waals surface area contributed by atoms with E-state index in [0.29, 0.717) is 6.42 Å². The van der Waals surface area contributed by atoms with Crippen LogP contribution >= 0.6 is 11.6 Å². The molecule has 0 saturated carbocycles. The first kappa shape index (κ1) is 13.0. The molecule has 0 aromatic heterocycles. The Hall–Kier alpha value is -1.46. The smallest absolute Gasteiger partial charge is 0.246 e. The number of carbonyl (C=O) groups excluding carboxylic acids is 2. The van der Waals surface area contributed by atoms with Gasteiger partial charge in [-0.05, 0) is 18.6 Å². The van der Waals surface area contributed by atoms with Gasteiger partial charge in [-0.2, -0.15) is 0 Å². The van der Waals surface area contributed by atoms with Crippen LogP contribution in [0.4, 0.5) is 4.39 Å². The van der Waals surface area contributed by atoms with Crippen molar-refractivity contribution in [3.05, 3.63) is 34.6 Å². The standard InChI is InChI=1S/C12H12ClFN2O2/c13-8-2-1-3-9(14)7(8)6-16-11(17)5-4-10(15)12(16)18/h1-3,10H,4-6,15H2. The Labute approximate surface area is 109 Å². The summed E-state index contributed by atoms with van der Waals surface area (Å²) in [6.45, 7) is -0.170. The van der Waals surface area contributed by atoms with Crippen LogP contribution in [-0.4, -0.2) is 22.8 Å². The highest BCUT2D eigenvalue weighted by Crippen LogP contribution is 2.23. The van der Waals surface area contributed by atoms with Crippen molar-refractivity contribution < 1.29 is 14.0 Å². The second-order valence-corrected chi connectivity index (χ2v) is 4.57. The van der Waals surface area contributed by atoms with Gasteiger partial charge >= 0.3 is 0 Å². The van der Waals surface area contributed by atoms with E-state index in [-0.39, 0.29) is 29.5 Å². The van der Waals surface area contributed by atoms with Crippen LogP contribution in [0, 0.1) is 5.82 Å². The Kier molecular flexibility index (Phi) is 3.63. The molecule has 0 aliphatic carbocycles. The summed E-state index contributed by atoms with van der Waals surface area (Å²) in [6.07, 6.45) is 0.526. The van der Waals surface area contributed by atoms with Crippen molar-refractivity contribution in [2.75, 3.05) is 0 Å². The highest BCUT2D eigenvalue weighted by Gasteiger charge is 2.32. The average molecular weight is 271 g/mol. The summed E-state index contributed by atoms with van der Waals surface area (Å²) in [5.41, 5.74) is 5.72. The first-order valence-corrected chi connectivity index (χ1v) is 5.91. The van der Waals surface area contributed by atoms with Crippen LogP contribution in [0.25, 0.3) is 0 Å². The number of piperidine rings is 1. The molecule has 96 valence electrons. The maximum atomic E-state index is 13.6. The zero-order chi connectivity index (χ0) is 13.3. The Morgan fingerprint density at radius 3 is 2.83 bits per heavy atom. The van der Waals surface area contributed by atoms with E-state index < -0.39 is 17.8 Å². The number of nitrogens with zero attached hydrogens (tertiary/aromatic N) is 1. The van der Waals surface area contributed by atoms with Gasteiger partial charge < -0.3 is 5.73 Å². The van der Waals surface area contributed by atoms with Crippen molar-refractivity contribution >= 4 is 23.4 Å². The number of hydrogen-bond donors (Lipinski definition) is 1. The van der Waals surface area contributed by atoms with Gasteiger partial charge in [0, 0.05) is 17.0 Å². The average Bonchev–Trinajstić information content (AvgIpc) is 2.33. The van der Waals surface area contributed by atoms with Crippen molar-refractivity contribution in [2.45, 2.75) is 25.4 Å². The third kappa shape index (κ3) is 2.37. The summed E-state index contributed by atoms with van der Waals surface area (Å²) in [5, 5.41) is 0.190. The molecule has 18 heavy (non-hydrogen) atoms. The van der Waals surface area contributed by atoms with Crippen LogP contribution in [0.1, 0.15) is 18.4 Å². The van der Waals surface area contributed by atoms with Gasteiger partial charge in [0.15, 0.2) is 0 Å². The van der Waals surface area contributed by atoms with E-state index in [1.807, 2.05) is 0 Å². The van der Waals surface area contributed by atoms with Crippen LogP contribution in [0.15, 0.2) is 18.2 Å². The molecule has 1 aliphatic heterocycles. The Morgan fingerprint density at radius 1 is 1.44 bits per heavy atom. The lowest BCUT2D eigenvalue weighted by molar-refractivity contribution is -0.149. The number of likely N-dealkylation sites (tertiary alicyclic amines) is 1.